The van der Waals surface area contributed by atoms with Crippen LogP contribution in [-0.4, -0.2) is 65.7 Å². The van der Waals surface area contributed by atoms with Crippen molar-refractivity contribution in [2.75, 3.05) is 37.5 Å². The fourth-order valence-electron chi connectivity index (χ4n) is 5.04. The molecular weight excluding hydrogens is 522 g/mol. The Morgan fingerprint density at radius 1 is 1.05 bits per heavy atom. The second kappa shape index (κ2) is 12.0. The molecule has 4 aromatic rings. The van der Waals surface area contributed by atoms with Crippen molar-refractivity contribution in [1.29, 1.82) is 0 Å². The van der Waals surface area contributed by atoms with E-state index in [1.165, 1.54) is 13.2 Å². The van der Waals surface area contributed by atoms with Crippen LogP contribution in [-0.2, 0) is 11.3 Å². The standard InChI is InChI=1S/C31H31N5O5/c1-34(30(40)21-8-4-3-5-9-21)24-12-13-26-25(19-24)32-31(36(26)17-7-16-35-15-6-10-28(35)38)33-29(39)22-11-14-27(41-2)23(18-22)20-37/h3-5,8-9,11-14,18-20H,6-7,10,15-17H2,1-2H3,(H,32,33,39). The van der Waals surface area contributed by atoms with Gasteiger partial charge < -0.3 is 19.1 Å². The van der Waals surface area contributed by atoms with Crippen LogP contribution in [0.1, 0.15) is 50.3 Å². The number of fused-ring (bicyclic) bond motifs is 1. The van der Waals surface area contributed by atoms with Gasteiger partial charge in [-0.15, -0.1) is 0 Å². The average molecular weight is 554 g/mol. The number of amides is 3. The van der Waals surface area contributed by atoms with Gasteiger partial charge in [-0.1, -0.05) is 18.2 Å². The number of carbonyl (C=O) groups is 4. The zero-order valence-electron chi connectivity index (χ0n) is 23.0. The van der Waals surface area contributed by atoms with E-state index in [1.54, 1.807) is 36.2 Å². The van der Waals surface area contributed by atoms with E-state index in [0.717, 1.165) is 18.5 Å². The first-order valence-corrected chi connectivity index (χ1v) is 13.5. The molecule has 210 valence electrons. The summed E-state index contributed by atoms with van der Waals surface area (Å²) in [5, 5.41) is 2.88. The van der Waals surface area contributed by atoms with Crippen molar-refractivity contribution in [3.05, 3.63) is 83.4 Å². The van der Waals surface area contributed by atoms with Crippen LogP contribution in [0.4, 0.5) is 11.6 Å². The number of aryl methyl sites for hydroxylation is 1. The number of hydrogen-bond donors (Lipinski definition) is 1. The smallest absolute Gasteiger partial charge is 0.258 e. The number of imidazole rings is 1. The first-order chi connectivity index (χ1) is 19.9. The lowest BCUT2D eigenvalue weighted by atomic mass is 10.1. The molecule has 0 unspecified atom stereocenters. The molecule has 1 fully saturated rings. The number of nitrogens with one attached hydrogen (secondary N) is 1. The zero-order valence-corrected chi connectivity index (χ0v) is 23.0. The number of nitrogens with zero attached hydrogens (tertiary/aromatic N) is 4. The molecule has 1 aliphatic heterocycles. The third kappa shape index (κ3) is 5.81. The summed E-state index contributed by atoms with van der Waals surface area (Å²) < 4.78 is 7.09. The number of likely N-dealkylation sites (tertiary alicyclic amines) is 1. The highest BCUT2D eigenvalue weighted by molar-refractivity contribution is 6.07. The average Bonchev–Trinajstić information content (AvgIpc) is 3.57. The summed E-state index contributed by atoms with van der Waals surface area (Å²) in [5.74, 6) is 0.282. The van der Waals surface area contributed by atoms with Gasteiger partial charge in [-0.2, -0.15) is 0 Å². The molecule has 10 heteroatoms. The molecule has 1 aliphatic rings. The van der Waals surface area contributed by atoms with E-state index in [2.05, 4.69) is 5.32 Å². The molecule has 2 heterocycles. The highest BCUT2D eigenvalue weighted by atomic mass is 16.5. The van der Waals surface area contributed by atoms with Gasteiger partial charge in [0.1, 0.15) is 5.75 Å². The van der Waals surface area contributed by atoms with Crippen LogP contribution >= 0.6 is 0 Å². The molecule has 5 rings (SSSR count). The molecule has 1 N–H and O–H groups in total. The third-order valence-electron chi connectivity index (χ3n) is 7.27. The van der Waals surface area contributed by atoms with E-state index >= 15 is 0 Å². The molecule has 3 amide bonds. The van der Waals surface area contributed by atoms with E-state index < -0.39 is 5.91 Å². The molecule has 1 aromatic heterocycles. The summed E-state index contributed by atoms with van der Waals surface area (Å²) >= 11 is 0. The minimum atomic E-state index is -0.432. The number of ether oxygens (including phenoxy) is 1. The Morgan fingerprint density at radius 3 is 2.56 bits per heavy atom. The summed E-state index contributed by atoms with van der Waals surface area (Å²) in [6.07, 6.45) is 2.76. The number of methoxy groups -OCH3 is 1. The van der Waals surface area contributed by atoms with Gasteiger partial charge in [-0.25, -0.2) is 4.98 Å². The predicted molar refractivity (Wildman–Crippen MR) is 156 cm³/mol. The van der Waals surface area contributed by atoms with Crippen molar-refractivity contribution >= 4 is 46.7 Å². The summed E-state index contributed by atoms with van der Waals surface area (Å²) in [6.45, 7) is 1.88. The summed E-state index contributed by atoms with van der Waals surface area (Å²) in [6, 6.07) is 19.2. The van der Waals surface area contributed by atoms with E-state index in [4.69, 9.17) is 9.72 Å². The SMILES string of the molecule is COc1ccc(C(=O)Nc2nc3cc(N(C)C(=O)c4ccccc4)ccc3n2CCCN2CCCC2=O)cc1C=O. The van der Waals surface area contributed by atoms with E-state index in [0.29, 0.717) is 60.7 Å². The maximum Gasteiger partial charge on any atom is 0.258 e. The maximum atomic E-state index is 13.2. The molecule has 41 heavy (non-hydrogen) atoms. The summed E-state index contributed by atoms with van der Waals surface area (Å²) in [4.78, 5) is 58.0. The first kappa shape index (κ1) is 27.6. The van der Waals surface area contributed by atoms with Crippen molar-refractivity contribution in [2.45, 2.75) is 25.8 Å². The van der Waals surface area contributed by atoms with Crippen LogP contribution in [0.5, 0.6) is 5.75 Å². The van der Waals surface area contributed by atoms with Crippen molar-refractivity contribution < 1.29 is 23.9 Å². The lowest BCUT2D eigenvalue weighted by molar-refractivity contribution is -0.127. The molecule has 1 saturated heterocycles. The minimum Gasteiger partial charge on any atom is -0.496 e. The van der Waals surface area contributed by atoms with Gasteiger partial charge >= 0.3 is 0 Å². The number of carbonyl (C=O) groups excluding carboxylic acids is 4. The summed E-state index contributed by atoms with van der Waals surface area (Å²) in [7, 11) is 3.16. The highest BCUT2D eigenvalue weighted by Gasteiger charge is 2.21. The number of aldehydes is 1. The zero-order chi connectivity index (χ0) is 28.9. The Labute approximate surface area is 237 Å². The minimum absolute atomic E-state index is 0.154. The van der Waals surface area contributed by atoms with Crippen LogP contribution in [0.2, 0.25) is 0 Å². The number of benzene rings is 3. The van der Waals surface area contributed by atoms with Crippen LogP contribution in [0.25, 0.3) is 11.0 Å². The van der Waals surface area contributed by atoms with Crippen molar-refractivity contribution in [3.8, 4) is 5.75 Å². The molecule has 10 nitrogen and oxygen atoms in total. The van der Waals surface area contributed by atoms with Crippen LogP contribution in [0, 0.1) is 0 Å². The number of hydrogen-bond acceptors (Lipinski definition) is 6. The van der Waals surface area contributed by atoms with Crippen molar-refractivity contribution in [2.24, 2.45) is 0 Å². The number of aromatic nitrogens is 2. The summed E-state index contributed by atoms with van der Waals surface area (Å²) in [5.41, 5.74) is 3.15. The van der Waals surface area contributed by atoms with Crippen molar-refractivity contribution in [1.82, 2.24) is 14.5 Å². The Morgan fingerprint density at radius 2 is 1.85 bits per heavy atom. The highest BCUT2D eigenvalue weighted by Crippen LogP contribution is 2.27. The number of rotatable bonds is 10. The molecule has 0 radical (unpaired) electrons. The Kier molecular flexibility index (Phi) is 8.09. The van der Waals surface area contributed by atoms with Gasteiger partial charge in [0.05, 0.1) is 23.7 Å². The largest absolute Gasteiger partial charge is 0.496 e. The topological polar surface area (TPSA) is 114 Å². The van der Waals surface area contributed by atoms with Gasteiger partial charge in [0.15, 0.2) is 6.29 Å². The van der Waals surface area contributed by atoms with Crippen LogP contribution in [0.15, 0.2) is 66.7 Å². The first-order valence-electron chi connectivity index (χ1n) is 13.5. The lowest BCUT2D eigenvalue weighted by Crippen LogP contribution is -2.26. The second-order valence-electron chi connectivity index (χ2n) is 9.86. The van der Waals surface area contributed by atoms with Crippen LogP contribution < -0.4 is 15.0 Å². The van der Waals surface area contributed by atoms with E-state index in [-0.39, 0.29) is 22.9 Å². The Hall–Kier alpha value is -4.99. The van der Waals surface area contributed by atoms with Gasteiger partial charge in [0, 0.05) is 49.9 Å². The maximum absolute atomic E-state index is 13.2. The Balaban J connectivity index is 1.44. The van der Waals surface area contributed by atoms with Gasteiger partial charge in [-0.3, -0.25) is 24.5 Å². The molecule has 0 atom stereocenters. The molecule has 0 saturated carbocycles. The van der Waals surface area contributed by atoms with E-state index in [1.807, 2.05) is 45.9 Å². The fraction of sp³-hybridized carbons (Fsp3) is 0.258. The quantitative estimate of drug-likeness (QED) is 0.291. The molecular formula is C31H31N5O5. The predicted octanol–water partition coefficient (Wildman–Crippen LogP) is 4.40. The molecule has 3 aromatic carbocycles. The van der Waals surface area contributed by atoms with Gasteiger partial charge in [-0.05, 0) is 61.4 Å². The normalized spacial score (nSPS) is 12.9. The lowest BCUT2D eigenvalue weighted by Gasteiger charge is -2.18. The van der Waals surface area contributed by atoms with Crippen LogP contribution in [0.3, 0.4) is 0 Å². The molecule has 0 spiro atoms. The second-order valence-corrected chi connectivity index (χ2v) is 9.86. The monoisotopic (exact) mass is 553 g/mol. The van der Waals surface area contributed by atoms with Crippen molar-refractivity contribution in [3.63, 3.8) is 0 Å². The van der Waals surface area contributed by atoms with Gasteiger partial charge in [0.2, 0.25) is 11.9 Å². The Bertz CT molecular complexity index is 1610. The fourth-order valence-corrected chi connectivity index (χ4v) is 5.04. The molecule has 0 aliphatic carbocycles. The third-order valence-corrected chi connectivity index (χ3v) is 7.27. The molecule has 0 bridgehead atoms. The van der Waals surface area contributed by atoms with Gasteiger partial charge in [0.25, 0.3) is 11.8 Å². The number of anilines is 2. The van der Waals surface area contributed by atoms with E-state index in [9.17, 15) is 19.2 Å².